The molecule has 108 valence electrons. The second kappa shape index (κ2) is 8.11. The van der Waals surface area contributed by atoms with Gasteiger partial charge in [-0.3, -0.25) is 0 Å². The van der Waals surface area contributed by atoms with Gasteiger partial charge in [-0.1, -0.05) is 62.6 Å². The molecule has 2 nitrogen and oxygen atoms in total. The van der Waals surface area contributed by atoms with Gasteiger partial charge in [0.15, 0.2) is 0 Å². The molecule has 2 heteroatoms. The van der Waals surface area contributed by atoms with Gasteiger partial charge in [-0.05, 0) is 30.2 Å². The summed E-state index contributed by atoms with van der Waals surface area (Å²) in [5.41, 5.74) is 3.01. The van der Waals surface area contributed by atoms with Crippen molar-refractivity contribution in [3.05, 3.63) is 65.7 Å². The molecule has 21 heavy (non-hydrogen) atoms. The molecule has 2 rings (SSSR count). The van der Waals surface area contributed by atoms with Gasteiger partial charge in [0.25, 0.3) is 0 Å². The topological polar surface area (TPSA) is 35.8 Å². The van der Waals surface area contributed by atoms with E-state index in [9.17, 15) is 0 Å². The Morgan fingerprint density at radius 3 is 2.57 bits per heavy atom. The molecule has 2 aromatic rings. The Morgan fingerprint density at radius 1 is 1.05 bits per heavy atom. The number of hydrogen-bond acceptors (Lipinski definition) is 2. The fraction of sp³-hybridized carbons (Fsp3) is 0.316. The van der Waals surface area contributed by atoms with Crippen LogP contribution in [0.25, 0.3) is 0 Å². The van der Waals surface area contributed by atoms with Gasteiger partial charge in [0.05, 0.1) is 17.7 Å². The number of nitrogens with zero attached hydrogens (tertiary/aromatic N) is 1. The number of benzene rings is 2. The fourth-order valence-corrected chi connectivity index (χ4v) is 2.49. The molecule has 0 heterocycles. The zero-order valence-corrected chi connectivity index (χ0v) is 12.5. The number of anilines is 1. The van der Waals surface area contributed by atoms with Crippen molar-refractivity contribution in [1.82, 2.24) is 0 Å². The molecule has 0 aliphatic carbocycles. The molecule has 0 bridgehead atoms. The van der Waals surface area contributed by atoms with Crippen LogP contribution in [0.15, 0.2) is 54.6 Å². The first kappa shape index (κ1) is 15.1. The van der Waals surface area contributed by atoms with Crippen LogP contribution in [0.5, 0.6) is 0 Å². The van der Waals surface area contributed by atoms with Crippen molar-refractivity contribution in [1.29, 1.82) is 5.26 Å². The molecule has 0 aliphatic rings. The summed E-state index contributed by atoms with van der Waals surface area (Å²) in [6.07, 6.45) is 4.80. The molecule has 1 atom stereocenters. The van der Waals surface area contributed by atoms with Gasteiger partial charge in [0, 0.05) is 5.69 Å². The summed E-state index contributed by atoms with van der Waals surface area (Å²) in [6, 6.07) is 20.7. The lowest BCUT2D eigenvalue weighted by molar-refractivity contribution is 0.606. The van der Waals surface area contributed by atoms with Gasteiger partial charge in [-0.25, -0.2) is 0 Å². The normalized spacial score (nSPS) is 11.6. The SMILES string of the molecule is CCCCCC(Nc1cccc(C#N)c1)c1ccccc1. The van der Waals surface area contributed by atoms with Crippen LogP contribution >= 0.6 is 0 Å². The fourth-order valence-electron chi connectivity index (χ4n) is 2.49. The average molecular weight is 278 g/mol. The summed E-state index contributed by atoms with van der Waals surface area (Å²) in [4.78, 5) is 0. The van der Waals surface area contributed by atoms with Crippen LogP contribution in [0.3, 0.4) is 0 Å². The van der Waals surface area contributed by atoms with E-state index in [1.54, 1.807) is 0 Å². The highest BCUT2D eigenvalue weighted by molar-refractivity contribution is 5.50. The standard InChI is InChI=1S/C19H22N2/c1-2-3-5-13-19(17-10-6-4-7-11-17)21-18-12-8-9-16(14-18)15-20/h4,6-12,14,19,21H,2-3,5,13H2,1H3. The first-order valence-corrected chi connectivity index (χ1v) is 7.65. The molecular weight excluding hydrogens is 256 g/mol. The minimum Gasteiger partial charge on any atom is -0.378 e. The summed E-state index contributed by atoms with van der Waals surface area (Å²) in [6.45, 7) is 2.22. The maximum absolute atomic E-state index is 9.01. The number of hydrogen-bond donors (Lipinski definition) is 1. The number of nitriles is 1. The van der Waals surface area contributed by atoms with Crippen LogP contribution < -0.4 is 5.32 Å². The molecule has 0 fully saturated rings. The third-order valence-corrected chi connectivity index (χ3v) is 3.63. The first-order valence-electron chi connectivity index (χ1n) is 7.65. The summed E-state index contributed by atoms with van der Waals surface area (Å²) >= 11 is 0. The second-order valence-electron chi connectivity index (χ2n) is 5.30. The van der Waals surface area contributed by atoms with Gasteiger partial charge >= 0.3 is 0 Å². The molecule has 0 spiro atoms. The number of unbranched alkanes of at least 4 members (excludes halogenated alkanes) is 2. The Hall–Kier alpha value is -2.27. The van der Waals surface area contributed by atoms with E-state index in [2.05, 4.69) is 42.6 Å². The summed E-state index contributed by atoms with van der Waals surface area (Å²) in [7, 11) is 0. The van der Waals surface area contributed by atoms with Crippen LogP contribution in [0.2, 0.25) is 0 Å². The highest BCUT2D eigenvalue weighted by Gasteiger charge is 2.10. The molecule has 0 radical (unpaired) electrons. The van der Waals surface area contributed by atoms with Crippen molar-refractivity contribution >= 4 is 5.69 Å². The van der Waals surface area contributed by atoms with Gasteiger partial charge in [-0.2, -0.15) is 5.26 Å². The number of nitrogens with one attached hydrogen (secondary N) is 1. The van der Waals surface area contributed by atoms with Crippen molar-refractivity contribution in [2.24, 2.45) is 0 Å². The Labute approximate surface area is 127 Å². The van der Waals surface area contributed by atoms with Gasteiger partial charge in [-0.15, -0.1) is 0 Å². The zero-order chi connectivity index (χ0) is 14.9. The highest BCUT2D eigenvalue weighted by atomic mass is 14.9. The van der Waals surface area contributed by atoms with Crippen LogP contribution in [0.1, 0.15) is 49.8 Å². The lowest BCUT2D eigenvalue weighted by Crippen LogP contribution is -2.10. The minimum atomic E-state index is 0.298. The molecule has 1 N–H and O–H groups in total. The van der Waals surface area contributed by atoms with Crippen molar-refractivity contribution in [2.45, 2.75) is 38.6 Å². The Morgan fingerprint density at radius 2 is 1.86 bits per heavy atom. The van der Waals surface area contributed by atoms with Gasteiger partial charge < -0.3 is 5.32 Å². The van der Waals surface area contributed by atoms with Crippen molar-refractivity contribution in [3.8, 4) is 6.07 Å². The average Bonchev–Trinajstić information content (AvgIpc) is 2.55. The minimum absolute atomic E-state index is 0.298. The van der Waals surface area contributed by atoms with Crippen LogP contribution in [-0.2, 0) is 0 Å². The van der Waals surface area contributed by atoms with E-state index in [1.807, 2.05) is 30.3 Å². The monoisotopic (exact) mass is 278 g/mol. The third-order valence-electron chi connectivity index (χ3n) is 3.63. The van der Waals surface area contributed by atoms with E-state index in [4.69, 9.17) is 5.26 Å². The summed E-state index contributed by atoms with van der Waals surface area (Å²) in [5.74, 6) is 0. The van der Waals surface area contributed by atoms with Crippen molar-refractivity contribution in [2.75, 3.05) is 5.32 Å². The van der Waals surface area contributed by atoms with Gasteiger partial charge in [0.1, 0.15) is 0 Å². The second-order valence-corrected chi connectivity index (χ2v) is 5.30. The molecule has 0 aromatic heterocycles. The van der Waals surface area contributed by atoms with E-state index >= 15 is 0 Å². The summed E-state index contributed by atoms with van der Waals surface area (Å²) < 4.78 is 0. The largest absolute Gasteiger partial charge is 0.378 e. The van der Waals surface area contributed by atoms with Crippen LogP contribution in [0.4, 0.5) is 5.69 Å². The molecule has 0 aliphatic heterocycles. The Bertz CT molecular complexity index is 584. The van der Waals surface area contributed by atoms with E-state index in [1.165, 1.54) is 24.8 Å². The van der Waals surface area contributed by atoms with Crippen LogP contribution in [-0.4, -0.2) is 0 Å². The van der Waals surface area contributed by atoms with Crippen molar-refractivity contribution in [3.63, 3.8) is 0 Å². The third kappa shape index (κ3) is 4.65. The predicted molar refractivity (Wildman–Crippen MR) is 88.1 cm³/mol. The van der Waals surface area contributed by atoms with E-state index in [0.29, 0.717) is 11.6 Å². The highest BCUT2D eigenvalue weighted by Crippen LogP contribution is 2.25. The lowest BCUT2D eigenvalue weighted by Gasteiger charge is -2.20. The Balaban J connectivity index is 2.13. The Kier molecular flexibility index (Phi) is 5.84. The maximum Gasteiger partial charge on any atom is 0.0992 e. The number of rotatable bonds is 7. The van der Waals surface area contributed by atoms with E-state index in [0.717, 1.165) is 12.1 Å². The van der Waals surface area contributed by atoms with E-state index < -0.39 is 0 Å². The lowest BCUT2D eigenvalue weighted by atomic mass is 10.00. The maximum atomic E-state index is 9.01. The molecular formula is C19H22N2. The van der Waals surface area contributed by atoms with E-state index in [-0.39, 0.29) is 0 Å². The predicted octanol–water partition coefficient (Wildman–Crippen LogP) is 5.29. The molecule has 0 amide bonds. The molecule has 2 aromatic carbocycles. The molecule has 0 saturated carbocycles. The summed E-state index contributed by atoms with van der Waals surface area (Å²) in [5, 5.41) is 12.6. The smallest absolute Gasteiger partial charge is 0.0992 e. The quantitative estimate of drug-likeness (QED) is 0.698. The van der Waals surface area contributed by atoms with Gasteiger partial charge in [0.2, 0.25) is 0 Å². The van der Waals surface area contributed by atoms with Crippen molar-refractivity contribution < 1.29 is 0 Å². The van der Waals surface area contributed by atoms with Crippen LogP contribution in [0, 0.1) is 11.3 Å². The first-order chi connectivity index (χ1) is 10.3. The molecule has 1 unspecified atom stereocenters. The zero-order valence-electron chi connectivity index (χ0n) is 12.5. The molecule has 0 saturated heterocycles.